The van der Waals surface area contributed by atoms with E-state index in [4.69, 9.17) is 9.97 Å². The zero-order chi connectivity index (χ0) is 39.4. The molecule has 8 nitrogen and oxygen atoms in total. The van der Waals surface area contributed by atoms with Crippen molar-refractivity contribution in [2.24, 2.45) is 0 Å². The van der Waals surface area contributed by atoms with Gasteiger partial charge in [-0.25, -0.2) is 9.97 Å². The van der Waals surface area contributed by atoms with Gasteiger partial charge < -0.3 is 15.1 Å². The van der Waals surface area contributed by atoms with Gasteiger partial charge in [-0.3, -0.25) is 14.4 Å². The third-order valence-corrected chi connectivity index (χ3v) is 14.2. The van der Waals surface area contributed by atoms with Gasteiger partial charge in [0.15, 0.2) is 0 Å². The molecule has 7 aromatic rings. The van der Waals surface area contributed by atoms with Crippen molar-refractivity contribution in [1.29, 1.82) is 0 Å². The first-order chi connectivity index (χ1) is 28.5. The lowest BCUT2D eigenvalue weighted by atomic mass is 10.0. The van der Waals surface area contributed by atoms with E-state index in [0.29, 0.717) is 17.8 Å². The second-order valence-electron chi connectivity index (χ2n) is 14.7. The van der Waals surface area contributed by atoms with Gasteiger partial charge in [-0.2, -0.15) is 0 Å². The molecule has 11 heteroatoms. The predicted octanol–water partition coefficient (Wildman–Crippen LogP) is 10.4. The zero-order valence-corrected chi connectivity index (χ0v) is 34.1. The highest BCUT2D eigenvalue weighted by Gasteiger charge is 2.37. The number of thiophene rings is 1. The minimum absolute atomic E-state index is 0.0323. The van der Waals surface area contributed by atoms with Crippen molar-refractivity contribution in [2.45, 2.75) is 50.2 Å². The van der Waals surface area contributed by atoms with Gasteiger partial charge in [0.05, 0.1) is 33.1 Å². The molecule has 0 radical (unpaired) electrons. The van der Waals surface area contributed by atoms with Crippen molar-refractivity contribution in [3.8, 4) is 32.0 Å². The number of carbonyl (C=O) groups is 3. The number of hydrogen-bond donors (Lipinski definition) is 1. The molecule has 4 aromatic carbocycles. The van der Waals surface area contributed by atoms with Gasteiger partial charge in [0.1, 0.15) is 16.1 Å². The second-order valence-corrected chi connectivity index (χ2v) is 17.7. The van der Waals surface area contributed by atoms with Crippen LogP contribution in [0.15, 0.2) is 139 Å². The van der Waals surface area contributed by atoms with Crippen LogP contribution in [0.1, 0.15) is 74.6 Å². The van der Waals surface area contributed by atoms with Crippen LogP contribution in [0.25, 0.3) is 32.0 Å². The number of carbonyl (C=O) groups excluding carboxylic acids is 3. The Morgan fingerprint density at radius 3 is 1.74 bits per heavy atom. The van der Waals surface area contributed by atoms with Crippen LogP contribution in [0.5, 0.6) is 0 Å². The van der Waals surface area contributed by atoms with Crippen molar-refractivity contribution in [1.82, 2.24) is 25.1 Å². The summed E-state index contributed by atoms with van der Waals surface area (Å²) in [6, 6.07) is 39.3. The summed E-state index contributed by atoms with van der Waals surface area (Å²) in [6.45, 7) is 1.39. The Bertz CT molecular complexity index is 2500. The average Bonchev–Trinajstić information content (AvgIpc) is 4.13. The molecule has 0 unspecified atom stereocenters. The monoisotopic (exact) mass is 819 g/mol. The lowest BCUT2D eigenvalue weighted by molar-refractivity contribution is -0.134. The molecule has 58 heavy (non-hydrogen) atoms. The molecule has 290 valence electrons. The number of rotatable bonds is 11. The number of likely N-dealkylation sites (tertiary alicyclic amines) is 2. The number of nitrogens with one attached hydrogen (secondary N) is 1. The van der Waals surface area contributed by atoms with Crippen LogP contribution in [-0.2, 0) is 16.0 Å². The zero-order valence-electron chi connectivity index (χ0n) is 31.7. The molecule has 0 bridgehead atoms. The van der Waals surface area contributed by atoms with Crippen LogP contribution in [0.2, 0.25) is 0 Å². The number of nitrogens with zero attached hydrogens (tertiary/aromatic N) is 4. The highest BCUT2D eigenvalue weighted by Crippen LogP contribution is 2.40. The van der Waals surface area contributed by atoms with Gasteiger partial charge >= 0.3 is 0 Å². The average molecular weight is 820 g/mol. The van der Waals surface area contributed by atoms with Gasteiger partial charge in [0, 0.05) is 25.5 Å². The van der Waals surface area contributed by atoms with E-state index >= 15 is 0 Å². The first-order valence-electron chi connectivity index (χ1n) is 19.6. The van der Waals surface area contributed by atoms with Crippen molar-refractivity contribution in [2.75, 3.05) is 13.1 Å². The van der Waals surface area contributed by atoms with E-state index in [2.05, 4.69) is 53.8 Å². The Morgan fingerprint density at radius 1 is 0.638 bits per heavy atom. The fourth-order valence-corrected chi connectivity index (χ4v) is 10.8. The molecule has 0 aliphatic carbocycles. The van der Waals surface area contributed by atoms with E-state index in [1.807, 2.05) is 94.3 Å². The molecule has 3 aromatic heterocycles. The summed E-state index contributed by atoms with van der Waals surface area (Å²) in [5.74, 6) is -0.207. The smallest absolute Gasteiger partial charge is 0.262 e. The van der Waals surface area contributed by atoms with E-state index < -0.39 is 6.04 Å². The Balaban J connectivity index is 0.856. The summed E-state index contributed by atoms with van der Waals surface area (Å²) >= 11 is 4.66. The van der Waals surface area contributed by atoms with E-state index in [0.717, 1.165) is 85.4 Å². The largest absolute Gasteiger partial charge is 0.336 e. The summed E-state index contributed by atoms with van der Waals surface area (Å²) in [5, 5.41) is 6.78. The molecular formula is C47H41N5O3S3. The van der Waals surface area contributed by atoms with Crippen LogP contribution in [0.3, 0.4) is 0 Å². The molecule has 1 N–H and O–H groups in total. The Morgan fingerprint density at radius 2 is 1.17 bits per heavy atom. The Labute approximate surface area is 349 Å². The number of hydrogen-bond acceptors (Lipinski definition) is 8. The minimum atomic E-state index is -0.790. The van der Waals surface area contributed by atoms with Gasteiger partial charge in [-0.05, 0) is 70.5 Å². The summed E-state index contributed by atoms with van der Waals surface area (Å²) in [5.41, 5.74) is 6.23. The van der Waals surface area contributed by atoms with Crippen molar-refractivity contribution in [3.63, 3.8) is 0 Å². The van der Waals surface area contributed by atoms with Crippen LogP contribution in [-0.4, -0.2) is 50.6 Å². The first kappa shape index (κ1) is 37.8. The van der Waals surface area contributed by atoms with Crippen molar-refractivity contribution < 1.29 is 14.4 Å². The lowest BCUT2D eigenvalue weighted by Crippen LogP contribution is -2.42. The molecule has 9 rings (SSSR count). The molecule has 0 saturated carbocycles. The molecule has 3 atom stereocenters. The summed E-state index contributed by atoms with van der Waals surface area (Å²) in [4.78, 5) is 56.8. The Kier molecular flexibility index (Phi) is 11.1. The fraction of sp³-hybridized carbons (Fsp3) is 0.213. The van der Waals surface area contributed by atoms with Crippen LogP contribution < -0.4 is 5.32 Å². The molecule has 2 saturated heterocycles. The number of aromatic nitrogens is 2. The normalized spacial score (nSPS) is 17.0. The number of thiazole rings is 2. The van der Waals surface area contributed by atoms with Crippen LogP contribution in [0, 0.1) is 0 Å². The topological polar surface area (TPSA) is 95.5 Å². The van der Waals surface area contributed by atoms with E-state index in [9.17, 15) is 14.4 Å². The SMILES string of the molecule is O=C(N[C@@H](C(=O)N1CCC[C@H]1c1ncc(-c2ccc(-c3ccc(-c4cnc([C@@H]5CCCN5C(=O)Cc5ccccc5)s4)cc3)cc2)s1)c1ccccc1)c1cccs1. The van der Waals surface area contributed by atoms with Gasteiger partial charge in [0.2, 0.25) is 11.8 Å². The van der Waals surface area contributed by atoms with Gasteiger partial charge in [-0.1, -0.05) is 115 Å². The van der Waals surface area contributed by atoms with Gasteiger partial charge in [0.25, 0.3) is 5.91 Å². The highest BCUT2D eigenvalue weighted by atomic mass is 32.1. The Hall–Kier alpha value is -5.75. The van der Waals surface area contributed by atoms with Crippen LogP contribution >= 0.6 is 34.0 Å². The number of amides is 3. The third-order valence-electron chi connectivity index (χ3n) is 11.0. The molecule has 2 aliphatic rings. The fourth-order valence-electron chi connectivity index (χ4n) is 7.99. The molecule has 5 heterocycles. The van der Waals surface area contributed by atoms with Gasteiger partial charge in [-0.15, -0.1) is 34.0 Å². The first-order valence-corrected chi connectivity index (χ1v) is 22.2. The maximum Gasteiger partial charge on any atom is 0.262 e. The summed E-state index contributed by atoms with van der Waals surface area (Å²) in [6.07, 6.45) is 7.90. The highest BCUT2D eigenvalue weighted by molar-refractivity contribution is 7.15. The van der Waals surface area contributed by atoms with E-state index in [-0.39, 0.29) is 29.8 Å². The standard InChI is InChI=1S/C47H41N5O3S3/c53-42(28-31-10-3-1-4-11-31)51-25-7-14-37(51)45-48-29-40(57-45)34-21-17-32(18-22-34)33-19-23-35(24-20-33)41-30-49-46(58-41)38-15-8-26-52(38)47(55)43(36-12-5-2-6-13-36)50-44(54)39-16-9-27-56-39/h1-6,9-13,16-24,27,29-30,37-38,43H,7-8,14-15,25-26,28H2,(H,50,54)/t37-,38-,43+/m0/s1. The predicted molar refractivity (Wildman–Crippen MR) is 233 cm³/mol. The molecule has 3 amide bonds. The summed E-state index contributed by atoms with van der Waals surface area (Å²) < 4.78 is 0. The third kappa shape index (κ3) is 8.02. The molecule has 2 fully saturated rings. The maximum absolute atomic E-state index is 14.2. The number of benzene rings is 4. The molecule has 0 spiro atoms. The minimum Gasteiger partial charge on any atom is -0.336 e. The molecular weight excluding hydrogens is 779 g/mol. The second kappa shape index (κ2) is 17.0. The van der Waals surface area contributed by atoms with Crippen LogP contribution in [0.4, 0.5) is 0 Å². The summed E-state index contributed by atoms with van der Waals surface area (Å²) in [7, 11) is 0. The van der Waals surface area contributed by atoms with Crippen molar-refractivity contribution in [3.05, 3.63) is 165 Å². The molecule has 2 aliphatic heterocycles. The van der Waals surface area contributed by atoms with E-state index in [1.54, 1.807) is 28.7 Å². The van der Waals surface area contributed by atoms with E-state index in [1.165, 1.54) is 11.3 Å². The quantitative estimate of drug-likeness (QED) is 0.140. The maximum atomic E-state index is 14.2. The van der Waals surface area contributed by atoms with Crippen molar-refractivity contribution >= 4 is 51.7 Å². The lowest BCUT2D eigenvalue weighted by Gasteiger charge is -2.28.